The molecule has 0 aromatic heterocycles. The molecule has 0 amide bonds. The van der Waals surface area contributed by atoms with Gasteiger partial charge in [0.1, 0.15) is 6.61 Å². The summed E-state index contributed by atoms with van der Waals surface area (Å²) >= 11 is 0. The van der Waals surface area contributed by atoms with Gasteiger partial charge >= 0.3 is 11.9 Å². The zero-order valence-electron chi connectivity index (χ0n) is 44.8. The van der Waals surface area contributed by atoms with Gasteiger partial charge in [-0.25, -0.2) is 0 Å². The zero-order valence-corrected chi connectivity index (χ0v) is 44.8. The van der Waals surface area contributed by atoms with Crippen molar-refractivity contribution < 1.29 is 23.8 Å². The summed E-state index contributed by atoms with van der Waals surface area (Å²) < 4.78 is 17.4. The van der Waals surface area contributed by atoms with Gasteiger partial charge < -0.3 is 14.2 Å². The molecule has 5 heteroatoms. The van der Waals surface area contributed by atoms with Gasteiger partial charge in [0, 0.05) is 19.4 Å². The lowest BCUT2D eigenvalue weighted by Gasteiger charge is -2.18. The predicted molar refractivity (Wildman–Crippen MR) is 297 cm³/mol. The zero-order chi connectivity index (χ0) is 49.2. The normalized spacial score (nSPS) is 12.9. The van der Waals surface area contributed by atoms with Crippen LogP contribution in [0.5, 0.6) is 0 Å². The molecule has 0 aliphatic heterocycles. The summed E-state index contributed by atoms with van der Waals surface area (Å²) in [5.74, 6) is -0.451. The predicted octanol–water partition coefficient (Wildman–Crippen LogP) is 19.8. The van der Waals surface area contributed by atoms with E-state index in [-0.39, 0.29) is 25.2 Å². The number of hydrogen-bond acceptors (Lipinski definition) is 5. The van der Waals surface area contributed by atoms with Crippen LogP contribution in [0.2, 0.25) is 0 Å². The Morgan fingerprint density at radius 1 is 0.338 bits per heavy atom. The van der Waals surface area contributed by atoms with E-state index in [1.54, 1.807) is 0 Å². The van der Waals surface area contributed by atoms with Crippen LogP contribution in [-0.2, 0) is 23.8 Å². The Labute approximate surface area is 422 Å². The molecule has 0 aliphatic rings. The summed E-state index contributed by atoms with van der Waals surface area (Å²) in [5.41, 5.74) is 0. The van der Waals surface area contributed by atoms with Gasteiger partial charge in [0.2, 0.25) is 0 Å². The fourth-order valence-corrected chi connectivity index (χ4v) is 7.80. The Hall–Kier alpha value is -3.18. The van der Waals surface area contributed by atoms with Crippen molar-refractivity contribution in [2.45, 2.75) is 271 Å². The summed E-state index contributed by atoms with van der Waals surface area (Å²) in [7, 11) is 0. The summed E-state index contributed by atoms with van der Waals surface area (Å²) in [6.07, 6.45) is 78.6. The Kier molecular flexibility index (Phi) is 55.4. The van der Waals surface area contributed by atoms with E-state index < -0.39 is 6.10 Å². The molecule has 1 unspecified atom stereocenters. The van der Waals surface area contributed by atoms with Crippen LogP contribution in [0.1, 0.15) is 265 Å². The number of carbonyl (C=O) groups is 2. The standard InChI is InChI=1S/C63H108O5/c1-4-7-10-13-16-19-22-25-28-30-32-33-36-38-41-44-47-50-53-56-62(64)67-60-61(68-63(65)57-54-51-48-45-42-39-35-27-24-21-18-15-12-9-6-3)59-66-58-55-52-49-46-43-40-37-34-31-29-26-23-20-17-14-11-8-5-2/h9,12,16-21,25-29,35,42,45,61H,4-8,10-11,13-15,22-24,30-34,36-41,43-44,46-60H2,1-3H3/b12-9-,19-16-,20-17-,21-18-,28-25-,29-26-,35-27-,45-42-. The molecule has 0 N–H and O–H groups in total. The summed E-state index contributed by atoms with van der Waals surface area (Å²) in [6.45, 7) is 7.62. The first-order valence-corrected chi connectivity index (χ1v) is 28.8. The first-order valence-electron chi connectivity index (χ1n) is 28.8. The molecule has 0 aliphatic carbocycles. The van der Waals surface area contributed by atoms with Gasteiger partial charge in [-0.1, -0.05) is 227 Å². The largest absolute Gasteiger partial charge is 0.462 e. The SMILES string of the molecule is CC/C=C\C/C=C\C/C=C\C/C=C\CCCCC(=O)OC(COCCCCCCCCCC/C=C\C/C=C\CCCCC)COC(=O)CCCCCCCCCCC/C=C\C/C=C\CCCCC. The number of rotatable bonds is 52. The number of ether oxygens (including phenoxy) is 3. The van der Waals surface area contributed by atoms with Crippen LogP contribution in [-0.4, -0.2) is 37.9 Å². The highest BCUT2D eigenvalue weighted by atomic mass is 16.6. The second-order valence-corrected chi connectivity index (χ2v) is 18.8. The number of esters is 2. The summed E-state index contributed by atoms with van der Waals surface area (Å²) in [5, 5.41) is 0. The van der Waals surface area contributed by atoms with Crippen molar-refractivity contribution in [2.75, 3.05) is 19.8 Å². The third kappa shape index (κ3) is 55.4. The maximum atomic E-state index is 12.8. The van der Waals surface area contributed by atoms with Gasteiger partial charge in [0.25, 0.3) is 0 Å². The van der Waals surface area contributed by atoms with Crippen molar-refractivity contribution in [1.82, 2.24) is 0 Å². The third-order valence-corrected chi connectivity index (χ3v) is 12.1. The van der Waals surface area contributed by atoms with Crippen LogP contribution < -0.4 is 0 Å². The fourth-order valence-electron chi connectivity index (χ4n) is 7.80. The minimum Gasteiger partial charge on any atom is -0.462 e. The van der Waals surface area contributed by atoms with Gasteiger partial charge in [0.15, 0.2) is 6.10 Å². The van der Waals surface area contributed by atoms with E-state index in [0.29, 0.717) is 19.4 Å². The average molecular weight is 946 g/mol. The molecule has 5 nitrogen and oxygen atoms in total. The maximum absolute atomic E-state index is 12.8. The molecule has 68 heavy (non-hydrogen) atoms. The smallest absolute Gasteiger partial charge is 0.306 e. The molecule has 1 atom stereocenters. The molecule has 0 fully saturated rings. The van der Waals surface area contributed by atoms with Gasteiger partial charge in [-0.05, 0) is 122 Å². The van der Waals surface area contributed by atoms with Crippen molar-refractivity contribution >= 4 is 11.9 Å². The van der Waals surface area contributed by atoms with Gasteiger partial charge in [-0.2, -0.15) is 0 Å². The van der Waals surface area contributed by atoms with Gasteiger partial charge in [-0.3, -0.25) is 9.59 Å². The Morgan fingerprint density at radius 2 is 0.662 bits per heavy atom. The number of allylic oxidation sites excluding steroid dienone is 16. The van der Waals surface area contributed by atoms with E-state index in [1.165, 1.54) is 141 Å². The summed E-state index contributed by atoms with van der Waals surface area (Å²) in [6, 6.07) is 0. The van der Waals surface area contributed by atoms with E-state index in [2.05, 4.69) is 118 Å². The van der Waals surface area contributed by atoms with Crippen molar-refractivity contribution in [3.05, 3.63) is 97.2 Å². The second kappa shape index (κ2) is 58.1. The van der Waals surface area contributed by atoms with Crippen molar-refractivity contribution in [3.8, 4) is 0 Å². The van der Waals surface area contributed by atoms with E-state index in [4.69, 9.17) is 14.2 Å². The van der Waals surface area contributed by atoms with Crippen molar-refractivity contribution in [1.29, 1.82) is 0 Å². The van der Waals surface area contributed by atoms with Crippen LogP contribution in [0.3, 0.4) is 0 Å². The van der Waals surface area contributed by atoms with Crippen LogP contribution in [0.4, 0.5) is 0 Å². The average Bonchev–Trinajstić information content (AvgIpc) is 3.34. The van der Waals surface area contributed by atoms with Gasteiger partial charge in [0.05, 0.1) is 6.61 Å². The molecule has 0 saturated heterocycles. The highest BCUT2D eigenvalue weighted by molar-refractivity contribution is 5.70. The van der Waals surface area contributed by atoms with Crippen LogP contribution in [0, 0.1) is 0 Å². The lowest BCUT2D eigenvalue weighted by Crippen LogP contribution is -2.30. The lowest BCUT2D eigenvalue weighted by molar-refractivity contribution is -0.163. The van der Waals surface area contributed by atoms with E-state index >= 15 is 0 Å². The molecular weight excluding hydrogens is 837 g/mol. The minimum absolute atomic E-state index is 0.0600. The monoisotopic (exact) mass is 945 g/mol. The molecule has 0 saturated carbocycles. The molecule has 0 bridgehead atoms. The minimum atomic E-state index is -0.569. The molecule has 0 heterocycles. The van der Waals surface area contributed by atoms with Gasteiger partial charge in [-0.15, -0.1) is 0 Å². The maximum Gasteiger partial charge on any atom is 0.306 e. The topological polar surface area (TPSA) is 61.8 Å². The highest BCUT2D eigenvalue weighted by Gasteiger charge is 2.17. The molecular formula is C63H108O5. The first kappa shape index (κ1) is 64.8. The summed E-state index contributed by atoms with van der Waals surface area (Å²) in [4.78, 5) is 25.5. The number of hydrogen-bond donors (Lipinski definition) is 0. The van der Waals surface area contributed by atoms with Crippen LogP contribution in [0.25, 0.3) is 0 Å². The molecule has 0 rings (SSSR count). The third-order valence-electron chi connectivity index (χ3n) is 12.1. The molecule has 0 aromatic carbocycles. The Bertz CT molecular complexity index is 1300. The Balaban J connectivity index is 4.34. The molecule has 390 valence electrons. The second-order valence-electron chi connectivity index (χ2n) is 18.8. The fraction of sp³-hybridized carbons (Fsp3) is 0.714. The van der Waals surface area contributed by atoms with Crippen LogP contribution >= 0.6 is 0 Å². The number of unbranched alkanes of at least 4 members (excludes halogenated alkanes) is 25. The van der Waals surface area contributed by atoms with E-state index in [1.807, 2.05) is 0 Å². The molecule has 0 aromatic rings. The number of carbonyl (C=O) groups excluding carboxylic acids is 2. The van der Waals surface area contributed by atoms with E-state index in [0.717, 1.165) is 89.9 Å². The van der Waals surface area contributed by atoms with Crippen molar-refractivity contribution in [3.63, 3.8) is 0 Å². The Morgan fingerprint density at radius 3 is 1.09 bits per heavy atom. The first-order chi connectivity index (χ1) is 33.6. The molecule has 0 radical (unpaired) electrons. The quantitative estimate of drug-likeness (QED) is 0.0345. The van der Waals surface area contributed by atoms with Crippen molar-refractivity contribution in [2.24, 2.45) is 0 Å². The highest BCUT2D eigenvalue weighted by Crippen LogP contribution is 2.14. The lowest BCUT2D eigenvalue weighted by atomic mass is 10.1. The van der Waals surface area contributed by atoms with Crippen LogP contribution in [0.15, 0.2) is 97.2 Å². The molecule has 0 spiro atoms. The van der Waals surface area contributed by atoms with E-state index in [9.17, 15) is 9.59 Å².